The first-order valence-electron chi connectivity index (χ1n) is 6.24. The number of carbonyl (C=O) groups is 1. The number of hydrogen-bond donors (Lipinski definition) is 1. The standard InChI is InChI=1S/C13H18BrN3O/c1-9-4-3-5-17(8-9)13(18)16-12-10(2)6-11(14)7-15-12/h6-7,9H,3-5,8H2,1-2H3,(H,15,16,18). The summed E-state index contributed by atoms with van der Waals surface area (Å²) < 4.78 is 0.921. The molecule has 1 aliphatic rings. The smallest absolute Gasteiger partial charge is 0.323 e. The van der Waals surface area contributed by atoms with Gasteiger partial charge < -0.3 is 4.90 Å². The molecule has 1 atom stereocenters. The Balaban J connectivity index is 2.02. The fourth-order valence-electron chi connectivity index (χ4n) is 2.23. The van der Waals surface area contributed by atoms with Crippen LogP contribution in [0.3, 0.4) is 0 Å². The minimum Gasteiger partial charge on any atom is -0.324 e. The molecule has 0 aliphatic carbocycles. The topological polar surface area (TPSA) is 45.2 Å². The molecule has 1 fully saturated rings. The molecular weight excluding hydrogens is 294 g/mol. The summed E-state index contributed by atoms with van der Waals surface area (Å²) in [5, 5.41) is 2.88. The third kappa shape index (κ3) is 3.22. The van der Waals surface area contributed by atoms with E-state index in [0.29, 0.717) is 11.7 Å². The highest BCUT2D eigenvalue weighted by Crippen LogP contribution is 2.19. The molecule has 0 spiro atoms. The molecule has 2 rings (SSSR count). The number of rotatable bonds is 1. The van der Waals surface area contributed by atoms with Gasteiger partial charge in [-0.25, -0.2) is 9.78 Å². The first-order chi connectivity index (χ1) is 8.56. The predicted octanol–water partition coefficient (Wildman–Crippen LogP) is 3.42. The minimum absolute atomic E-state index is 0.0422. The van der Waals surface area contributed by atoms with Crippen LogP contribution in [0.5, 0.6) is 0 Å². The fraction of sp³-hybridized carbons (Fsp3) is 0.538. The summed E-state index contributed by atoms with van der Waals surface area (Å²) in [5.41, 5.74) is 0.961. The molecule has 0 aromatic carbocycles. The molecule has 1 aromatic heterocycles. The van der Waals surface area contributed by atoms with Crippen molar-refractivity contribution < 1.29 is 4.79 Å². The Hall–Kier alpha value is -1.10. The van der Waals surface area contributed by atoms with Gasteiger partial charge in [0.2, 0.25) is 0 Å². The van der Waals surface area contributed by atoms with Crippen LogP contribution < -0.4 is 5.32 Å². The van der Waals surface area contributed by atoms with Crippen LogP contribution in [0.25, 0.3) is 0 Å². The van der Waals surface area contributed by atoms with Gasteiger partial charge in [0.15, 0.2) is 0 Å². The number of pyridine rings is 1. The lowest BCUT2D eigenvalue weighted by Crippen LogP contribution is -2.41. The lowest BCUT2D eigenvalue weighted by molar-refractivity contribution is 0.182. The van der Waals surface area contributed by atoms with Crippen molar-refractivity contribution in [2.45, 2.75) is 26.7 Å². The number of amides is 2. The highest BCUT2D eigenvalue weighted by molar-refractivity contribution is 9.10. The Kier molecular flexibility index (Phi) is 4.22. The van der Waals surface area contributed by atoms with Gasteiger partial charge in [0.25, 0.3) is 0 Å². The van der Waals surface area contributed by atoms with Crippen LogP contribution >= 0.6 is 15.9 Å². The zero-order chi connectivity index (χ0) is 13.1. The molecule has 2 heterocycles. The molecule has 1 aliphatic heterocycles. The second kappa shape index (κ2) is 5.69. The van der Waals surface area contributed by atoms with E-state index in [9.17, 15) is 4.79 Å². The Bertz CT molecular complexity index is 450. The summed E-state index contributed by atoms with van der Waals surface area (Å²) >= 11 is 3.36. The summed E-state index contributed by atoms with van der Waals surface area (Å²) in [6, 6.07) is 1.90. The zero-order valence-corrected chi connectivity index (χ0v) is 12.3. The second-order valence-corrected chi connectivity index (χ2v) is 5.86. The van der Waals surface area contributed by atoms with E-state index in [2.05, 4.69) is 33.2 Å². The van der Waals surface area contributed by atoms with E-state index < -0.39 is 0 Å². The van der Waals surface area contributed by atoms with Crippen LogP contribution in [0.15, 0.2) is 16.7 Å². The van der Waals surface area contributed by atoms with E-state index in [1.54, 1.807) is 6.20 Å². The number of aromatic nitrogens is 1. The van der Waals surface area contributed by atoms with Crippen molar-refractivity contribution in [2.75, 3.05) is 18.4 Å². The van der Waals surface area contributed by atoms with Crippen molar-refractivity contribution >= 4 is 27.8 Å². The van der Waals surface area contributed by atoms with Gasteiger partial charge in [-0.3, -0.25) is 5.32 Å². The first kappa shape index (κ1) is 13.3. The molecule has 1 saturated heterocycles. The molecule has 5 heteroatoms. The van der Waals surface area contributed by atoms with Gasteiger partial charge in [-0.2, -0.15) is 0 Å². The maximum Gasteiger partial charge on any atom is 0.323 e. The van der Waals surface area contributed by atoms with Crippen LogP contribution in [-0.2, 0) is 0 Å². The summed E-state index contributed by atoms with van der Waals surface area (Å²) in [4.78, 5) is 18.2. The number of anilines is 1. The van der Waals surface area contributed by atoms with Crippen molar-refractivity contribution in [3.8, 4) is 0 Å². The number of nitrogens with one attached hydrogen (secondary N) is 1. The number of likely N-dealkylation sites (tertiary alicyclic amines) is 1. The van der Waals surface area contributed by atoms with Crippen molar-refractivity contribution in [1.29, 1.82) is 0 Å². The molecule has 1 unspecified atom stereocenters. The highest BCUT2D eigenvalue weighted by atomic mass is 79.9. The number of urea groups is 1. The van der Waals surface area contributed by atoms with Gasteiger partial charge in [0, 0.05) is 23.8 Å². The Morgan fingerprint density at radius 2 is 2.39 bits per heavy atom. The highest BCUT2D eigenvalue weighted by Gasteiger charge is 2.21. The number of aryl methyl sites for hydroxylation is 1. The SMILES string of the molecule is Cc1cc(Br)cnc1NC(=O)N1CCCC(C)C1. The summed E-state index contributed by atoms with van der Waals surface area (Å²) in [5.74, 6) is 1.23. The van der Waals surface area contributed by atoms with Crippen molar-refractivity contribution in [3.05, 3.63) is 22.3 Å². The average molecular weight is 312 g/mol. The summed E-state index contributed by atoms with van der Waals surface area (Å²) in [6.07, 6.45) is 3.99. The van der Waals surface area contributed by atoms with E-state index in [1.807, 2.05) is 17.9 Å². The maximum absolute atomic E-state index is 12.1. The molecule has 2 amide bonds. The lowest BCUT2D eigenvalue weighted by Gasteiger charge is -2.30. The van der Waals surface area contributed by atoms with Gasteiger partial charge in [-0.1, -0.05) is 6.92 Å². The second-order valence-electron chi connectivity index (χ2n) is 4.94. The first-order valence-corrected chi connectivity index (χ1v) is 7.03. The van der Waals surface area contributed by atoms with Gasteiger partial charge in [0.05, 0.1) is 0 Å². The normalized spacial score (nSPS) is 19.7. The lowest BCUT2D eigenvalue weighted by atomic mass is 10.0. The summed E-state index contributed by atoms with van der Waals surface area (Å²) in [7, 11) is 0. The maximum atomic E-state index is 12.1. The number of hydrogen-bond acceptors (Lipinski definition) is 2. The van der Waals surface area contributed by atoms with Crippen LogP contribution in [-0.4, -0.2) is 29.0 Å². The molecule has 18 heavy (non-hydrogen) atoms. The molecule has 1 N–H and O–H groups in total. The minimum atomic E-state index is -0.0422. The van der Waals surface area contributed by atoms with Gasteiger partial charge in [-0.05, 0) is 53.2 Å². The molecule has 1 aromatic rings. The molecular formula is C13H18BrN3O. The molecule has 98 valence electrons. The third-order valence-corrected chi connectivity index (χ3v) is 3.65. The Morgan fingerprint density at radius 3 is 3.06 bits per heavy atom. The average Bonchev–Trinajstić information content (AvgIpc) is 2.32. The van der Waals surface area contributed by atoms with E-state index in [4.69, 9.17) is 0 Å². The number of piperidine rings is 1. The number of halogens is 1. The van der Waals surface area contributed by atoms with Crippen molar-refractivity contribution in [1.82, 2.24) is 9.88 Å². The fourth-order valence-corrected chi connectivity index (χ4v) is 2.67. The van der Waals surface area contributed by atoms with Crippen molar-refractivity contribution in [2.24, 2.45) is 5.92 Å². The van der Waals surface area contributed by atoms with Gasteiger partial charge in [-0.15, -0.1) is 0 Å². The monoisotopic (exact) mass is 311 g/mol. The molecule has 0 bridgehead atoms. The quantitative estimate of drug-likeness (QED) is 0.863. The van der Waals surface area contributed by atoms with Crippen LogP contribution in [0.2, 0.25) is 0 Å². The van der Waals surface area contributed by atoms with Crippen LogP contribution in [0.4, 0.5) is 10.6 Å². The van der Waals surface area contributed by atoms with E-state index >= 15 is 0 Å². The van der Waals surface area contributed by atoms with Crippen LogP contribution in [0.1, 0.15) is 25.3 Å². The van der Waals surface area contributed by atoms with Crippen LogP contribution in [0, 0.1) is 12.8 Å². The molecule has 4 nitrogen and oxygen atoms in total. The van der Waals surface area contributed by atoms with E-state index in [-0.39, 0.29) is 6.03 Å². The molecule has 0 saturated carbocycles. The van der Waals surface area contributed by atoms with E-state index in [1.165, 1.54) is 6.42 Å². The largest absolute Gasteiger partial charge is 0.324 e. The number of nitrogens with zero attached hydrogens (tertiary/aromatic N) is 2. The summed E-state index contributed by atoms with van der Waals surface area (Å²) in [6.45, 7) is 5.79. The zero-order valence-electron chi connectivity index (χ0n) is 10.7. The van der Waals surface area contributed by atoms with E-state index in [0.717, 1.165) is 29.5 Å². The van der Waals surface area contributed by atoms with Gasteiger partial charge >= 0.3 is 6.03 Å². The number of carbonyl (C=O) groups excluding carboxylic acids is 1. The third-order valence-electron chi connectivity index (χ3n) is 3.21. The Morgan fingerprint density at radius 1 is 1.61 bits per heavy atom. The Labute approximate surface area is 116 Å². The van der Waals surface area contributed by atoms with Gasteiger partial charge in [0.1, 0.15) is 5.82 Å². The van der Waals surface area contributed by atoms with Crippen molar-refractivity contribution in [3.63, 3.8) is 0 Å². The molecule has 0 radical (unpaired) electrons. The predicted molar refractivity (Wildman–Crippen MR) is 75.7 cm³/mol.